The molecular formula is C13H19NOS. The zero-order chi connectivity index (χ0) is 11.5. The first-order valence-electron chi connectivity index (χ1n) is 5.80. The molecule has 0 bridgehead atoms. The molecule has 1 aliphatic heterocycles. The molecule has 1 fully saturated rings. The summed E-state index contributed by atoms with van der Waals surface area (Å²) in [6, 6.07) is 8.42. The number of benzene rings is 1. The van der Waals surface area contributed by atoms with Crippen LogP contribution in [0.15, 0.2) is 24.3 Å². The van der Waals surface area contributed by atoms with Crippen LogP contribution in [0.2, 0.25) is 0 Å². The average Bonchev–Trinajstić information content (AvgIpc) is 2.65. The monoisotopic (exact) mass is 237 g/mol. The molecule has 0 spiro atoms. The Morgan fingerprint density at radius 2 is 2.00 bits per heavy atom. The van der Waals surface area contributed by atoms with Gasteiger partial charge in [0, 0.05) is 11.8 Å². The molecule has 1 aromatic rings. The number of ether oxygens (including phenoxy) is 1. The number of nitrogens with one attached hydrogen (secondary N) is 1. The van der Waals surface area contributed by atoms with Crippen molar-refractivity contribution in [3.8, 4) is 5.75 Å². The number of hydrogen-bond acceptors (Lipinski definition) is 3. The Bertz CT molecular complexity index is 336. The van der Waals surface area contributed by atoms with Crippen molar-refractivity contribution in [3.05, 3.63) is 29.8 Å². The molecule has 1 N–H and O–H groups in total. The SMILES string of the molecule is CC(C)Oc1ccc(C2NCC(C)S2)cc1. The maximum absolute atomic E-state index is 5.63. The second-order valence-electron chi connectivity index (χ2n) is 4.47. The van der Waals surface area contributed by atoms with Gasteiger partial charge in [-0.25, -0.2) is 0 Å². The molecule has 3 heteroatoms. The van der Waals surface area contributed by atoms with Gasteiger partial charge in [0.05, 0.1) is 11.5 Å². The van der Waals surface area contributed by atoms with Crippen LogP contribution in [-0.2, 0) is 0 Å². The fourth-order valence-electron chi connectivity index (χ4n) is 1.79. The predicted molar refractivity (Wildman–Crippen MR) is 70.0 cm³/mol. The quantitative estimate of drug-likeness (QED) is 0.872. The van der Waals surface area contributed by atoms with Gasteiger partial charge in [-0.05, 0) is 31.5 Å². The number of thioether (sulfide) groups is 1. The van der Waals surface area contributed by atoms with Crippen molar-refractivity contribution < 1.29 is 4.74 Å². The van der Waals surface area contributed by atoms with E-state index in [4.69, 9.17) is 4.74 Å². The van der Waals surface area contributed by atoms with Crippen LogP contribution in [0, 0.1) is 0 Å². The molecule has 1 saturated heterocycles. The van der Waals surface area contributed by atoms with Crippen LogP contribution in [0.3, 0.4) is 0 Å². The molecule has 1 aliphatic rings. The van der Waals surface area contributed by atoms with Crippen molar-refractivity contribution in [1.82, 2.24) is 5.32 Å². The van der Waals surface area contributed by atoms with Gasteiger partial charge in [0.1, 0.15) is 5.75 Å². The highest BCUT2D eigenvalue weighted by Crippen LogP contribution is 2.35. The summed E-state index contributed by atoms with van der Waals surface area (Å²) < 4.78 is 5.63. The lowest BCUT2D eigenvalue weighted by Crippen LogP contribution is -2.13. The van der Waals surface area contributed by atoms with E-state index in [9.17, 15) is 0 Å². The van der Waals surface area contributed by atoms with Gasteiger partial charge >= 0.3 is 0 Å². The third-order valence-electron chi connectivity index (χ3n) is 2.51. The minimum Gasteiger partial charge on any atom is -0.491 e. The molecule has 2 atom stereocenters. The highest BCUT2D eigenvalue weighted by atomic mass is 32.2. The van der Waals surface area contributed by atoms with E-state index in [1.165, 1.54) is 5.56 Å². The van der Waals surface area contributed by atoms with Gasteiger partial charge < -0.3 is 10.1 Å². The summed E-state index contributed by atoms with van der Waals surface area (Å²) in [7, 11) is 0. The second-order valence-corrected chi connectivity index (χ2v) is 6.02. The zero-order valence-corrected chi connectivity index (χ0v) is 10.9. The molecule has 0 amide bonds. The molecular weight excluding hydrogens is 218 g/mol. The molecule has 0 aliphatic carbocycles. The summed E-state index contributed by atoms with van der Waals surface area (Å²) in [6.45, 7) is 7.45. The fourth-order valence-corrected chi connectivity index (χ4v) is 2.96. The van der Waals surface area contributed by atoms with E-state index in [1.54, 1.807) is 0 Å². The molecule has 0 aromatic heterocycles. The van der Waals surface area contributed by atoms with E-state index >= 15 is 0 Å². The Hall–Kier alpha value is -0.670. The summed E-state index contributed by atoms with van der Waals surface area (Å²) >= 11 is 1.99. The van der Waals surface area contributed by atoms with Crippen LogP contribution in [-0.4, -0.2) is 17.9 Å². The van der Waals surface area contributed by atoms with Crippen LogP contribution in [0.1, 0.15) is 31.7 Å². The topological polar surface area (TPSA) is 21.3 Å². The molecule has 2 unspecified atom stereocenters. The van der Waals surface area contributed by atoms with Crippen LogP contribution < -0.4 is 10.1 Å². The van der Waals surface area contributed by atoms with Gasteiger partial charge in [0.15, 0.2) is 0 Å². The summed E-state index contributed by atoms with van der Waals surface area (Å²) in [5, 5.41) is 4.66. The summed E-state index contributed by atoms with van der Waals surface area (Å²) in [5.74, 6) is 0.954. The van der Waals surface area contributed by atoms with E-state index in [-0.39, 0.29) is 6.10 Å². The van der Waals surface area contributed by atoms with Crippen LogP contribution in [0.4, 0.5) is 0 Å². The highest BCUT2D eigenvalue weighted by molar-refractivity contribution is 8.00. The third-order valence-corrected chi connectivity index (χ3v) is 3.86. The lowest BCUT2D eigenvalue weighted by atomic mass is 10.2. The Kier molecular flexibility index (Phi) is 3.77. The van der Waals surface area contributed by atoms with Gasteiger partial charge in [-0.2, -0.15) is 0 Å². The lowest BCUT2D eigenvalue weighted by molar-refractivity contribution is 0.242. The van der Waals surface area contributed by atoms with Gasteiger partial charge in [-0.15, -0.1) is 11.8 Å². The standard InChI is InChI=1S/C13H19NOS/c1-9(2)15-12-6-4-11(5-7-12)13-14-8-10(3)16-13/h4-7,9-10,13-14H,8H2,1-3H3. The Labute approximate surface area is 102 Å². The maximum atomic E-state index is 5.63. The molecule has 0 radical (unpaired) electrons. The van der Waals surface area contributed by atoms with E-state index in [2.05, 4.69) is 36.5 Å². The Morgan fingerprint density at radius 1 is 1.31 bits per heavy atom. The van der Waals surface area contributed by atoms with Crippen molar-refractivity contribution in [2.75, 3.05) is 6.54 Å². The summed E-state index contributed by atoms with van der Waals surface area (Å²) in [6.07, 6.45) is 0.241. The highest BCUT2D eigenvalue weighted by Gasteiger charge is 2.22. The molecule has 0 saturated carbocycles. The normalized spacial score (nSPS) is 25.0. The first-order valence-corrected chi connectivity index (χ1v) is 6.75. The van der Waals surface area contributed by atoms with E-state index in [0.29, 0.717) is 10.6 Å². The Morgan fingerprint density at radius 3 is 2.50 bits per heavy atom. The Balaban J connectivity index is 2.02. The average molecular weight is 237 g/mol. The fraction of sp³-hybridized carbons (Fsp3) is 0.538. The number of hydrogen-bond donors (Lipinski definition) is 1. The minimum absolute atomic E-state index is 0.241. The van der Waals surface area contributed by atoms with Crippen molar-refractivity contribution in [3.63, 3.8) is 0 Å². The molecule has 2 nitrogen and oxygen atoms in total. The molecule has 2 rings (SSSR count). The third kappa shape index (κ3) is 2.92. The van der Waals surface area contributed by atoms with Crippen LogP contribution >= 0.6 is 11.8 Å². The zero-order valence-electron chi connectivity index (χ0n) is 10.1. The molecule has 88 valence electrons. The molecule has 1 heterocycles. The maximum Gasteiger partial charge on any atom is 0.119 e. The van der Waals surface area contributed by atoms with E-state index in [1.807, 2.05) is 25.6 Å². The summed E-state index contributed by atoms with van der Waals surface area (Å²) in [5.41, 5.74) is 1.34. The molecule has 16 heavy (non-hydrogen) atoms. The predicted octanol–water partition coefficient (Wildman–Crippen LogP) is 3.20. The van der Waals surface area contributed by atoms with Crippen molar-refractivity contribution >= 4 is 11.8 Å². The first-order chi connectivity index (χ1) is 7.65. The number of rotatable bonds is 3. The van der Waals surface area contributed by atoms with Gasteiger partial charge in [0.2, 0.25) is 0 Å². The van der Waals surface area contributed by atoms with Crippen LogP contribution in [0.5, 0.6) is 5.75 Å². The first kappa shape index (κ1) is 11.8. The van der Waals surface area contributed by atoms with Crippen LogP contribution in [0.25, 0.3) is 0 Å². The smallest absolute Gasteiger partial charge is 0.119 e. The van der Waals surface area contributed by atoms with Gasteiger partial charge in [-0.3, -0.25) is 0 Å². The summed E-state index contributed by atoms with van der Waals surface area (Å²) in [4.78, 5) is 0. The van der Waals surface area contributed by atoms with E-state index < -0.39 is 0 Å². The molecule has 1 aromatic carbocycles. The minimum atomic E-state index is 0.241. The van der Waals surface area contributed by atoms with Crippen molar-refractivity contribution in [2.24, 2.45) is 0 Å². The van der Waals surface area contributed by atoms with E-state index in [0.717, 1.165) is 12.3 Å². The van der Waals surface area contributed by atoms with Crippen molar-refractivity contribution in [2.45, 2.75) is 37.5 Å². The van der Waals surface area contributed by atoms with Gasteiger partial charge in [0.25, 0.3) is 0 Å². The largest absolute Gasteiger partial charge is 0.491 e. The lowest BCUT2D eigenvalue weighted by Gasteiger charge is -2.13. The van der Waals surface area contributed by atoms with Gasteiger partial charge in [-0.1, -0.05) is 19.1 Å². The second kappa shape index (κ2) is 5.11. The van der Waals surface area contributed by atoms with Crippen molar-refractivity contribution in [1.29, 1.82) is 0 Å².